The van der Waals surface area contributed by atoms with E-state index in [0.717, 1.165) is 10.0 Å². The van der Waals surface area contributed by atoms with E-state index in [4.69, 9.17) is 9.47 Å². The fourth-order valence-electron chi connectivity index (χ4n) is 1.68. The number of methoxy groups -OCH3 is 2. The Morgan fingerprint density at radius 1 is 1.21 bits per heavy atom. The third kappa shape index (κ3) is 2.82. The predicted octanol–water partition coefficient (Wildman–Crippen LogP) is 4.07. The second-order valence-electron chi connectivity index (χ2n) is 3.98. The quantitative estimate of drug-likeness (QED) is 0.787. The summed E-state index contributed by atoms with van der Waals surface area (Å²) in [6, 6.07) is 5.38. The number of benzene rings is 1. The van der Waals surface area contributed by atoms with Crippen LogP contribution in [-0.2, 0) is 0 Å². The van der Waals surface area contributed by atoms with Gasteiger partial charge in [0.15, 0.2) is 0 Å². The molecule has 0 aliphatic rings. The van der Waals surface area contributed by atoms with Crippen LogP contribution >= 0.6 is 27.3 Å². The molecule has 0 unspecified atom stereocenters. The molecule has 1 aromatic carbocycles. The molecule has 19 heavy (non-hydrogen) atoms. The highest BCUT2D eigenvalue weighted by Crippen LogP contribution is 2.31. The van der Waals surface area contributed by atoms with E-state index in [9.17, 15) is 4.79 Å². The molecule has 1 heterocycles. The highest BCUT2D eigenvalue weighted by atomic mass is 79.9. The standard InChI is InChI=1S/C14H13BrO3S/c1-8-4-12(18-3)10(6-11(8)15)14(16)13-5-9(17-2)7-19-13/h4-7H,1-3H3. The van der Waals surface area contributed by atoms with E-state index in [1.54, 1.807) is 26.4 Å². The van der Waals surface area contributed by atoms with Crippen LogP contribution in [0.15, 0.2) is 28.1 Å². The van der Waals surface area contributed by atoms with Gasteiger partial charge in [-0.2, -0.15) is 0 Å². The third-order valence-corrected chi connectivity index (χ3v) is 4.52. The Kier molecular flexibility index (Phi) is 4.27. The summed E-state index contributed by atoms with van der Waals surface area (Å²) in [5, 5.41) is 1.81. The van der Waals surface area contributed by atoms with Crippen LogP contribution < -0.4 is 9.47 Å². The molecule has 100 valence electrons. The summed E-state index contributed by atoms with van der Waals surface area (Å²) in [7, 11) is 3.15. The van der Waals surface area contributed by atoms with E-state index in [1.165, 1.54) is 11.3 Å². The summed E-state index contributed by atoms with van der Waals surface area (Å²) in [6.45, 7) is 1.95. The molecule has 0 N–H and O–H groups in total. The highest BCUT2D eigenvalue weighted by molar-refractivity contribution is 9.10. The van der Waals surface area contributed by atoms with Crippen LogP contribution in [0.3, 0.4) is 0 Å². The Hall–Kier alpha value is -1.33. The Bertz CT molecular complexity index is 619. The van der Waals surface area contributed by atoms with E-state index >= 15 is 0 Å². The third-order valence-electron chi connectivity index (χ3n) is 2.76. The van der Waals surface area contributed by atoms with Crippen molar-refractivity contribution in [3.8, 4) is 11.5 Å². The molecule has 0 radical (unpaired) electrons. The second-order valence-corrected chi connectivity index (χ2v) is 5.75. The number of rotatable bonds is 4. The first-order valence-corrected chi connectivity index (χ1v) is 7.25. The summed E-state index contributed by atoms with van der Waals surface area (Å²) >= 11 is 4.80. The van der Waals surface area contributed by atoms with E-state index in [1.807, 2.05) is 18.4 Å². The van der Waals surface area contributed by atoms with Crippen molar-refractivity contribution in [2.24, 2.45) is 0 Å². The van der Waals surface area contributed by atoms with Crippen LogP contribution in [0.5, 0.6) is 11.5 Å². The first-order chi connectivity index (χ1) is 9.06. The van der Waals surface area contributed by atoms with E-state index in [2.05, 4.69) is 15.9 Å². The van der Waals surface area contributed by atoms with Crippen molar-refractivity contribution < 1.29 is 14.3 Å². The molecule has 0 spiro atoms. The van der Waals surface area contributed by atoms with Gasteiger partial charge in [-0.25, -0.2) is 0 Å². The molecule has 0 amide bonds. The summed E-state index contributed by atoms with van der Waals surface area (Å²) in [5.74, 6) is 1.21. The van der Waals surface area contributed by atoms with Gasteiger partial charge in [0.25, 0.3) is 0 Å². The van der Waals surface area contributed by atoms with Gasteiger partial charge in [-0.15, -0.1) is 11.3 Å². The van der Waals surface area contributed by atoms with E-state index in [0.29, 0.717) is 21.9 Å². The van der Waals surface area contributed by atoms with Gasteiger partial charge in [-0.3, -0.25) is 4.79 Å². The lowest BCUT2D eigenvalue weighted by Crippen LogP contribution is -2.03. The summed E-state index contributed by atoms with van der Waals surface area (Å²) in [4.78, 5) is 13.1. The average molecular weight is 341 g/mol. The van der Waals surface area contributed by atoms with Gasteiger partial charge < -0.3 is 9.47 Å². The van der Waals surface area contributed by atoms with Crippen LogP contribution in [0.2, 0.25) is 0 Å². The lowest BCUT2D eigenvalue weighted by atomic mass is 10.1. The maximum atomic E-state index is 12.5. The average Bonchev–Trinajstić information content (AvgIpc) is 2.89. The number of aryl methyl sites for hydroxylation is 1. The van der Waals surface area contributed by atoms with Crippen molar-refractivity contribution >= 4 is 33.0 Å². The number of hydrogen-bond donors (Lipinski definition) is 0. The Morgan fingerprint density at radius 2 is 1.95 bits per heavy atom. The first-order valence-electron chi connectivity index (χ1n) is 5.58. The zero-order chi connectivity index (χ0) is 14.0. The Labute approximate surface area is 124 Å². The fraction of sp³-hybridized carbons (Fsp3) is 0.214. The van der Waals surface area contributed by atoms with Gasteiger partial charge in [-0.05, 0) is 24.6 Å². The molecule has 0 saturated heterocycles. The van der Waals surface area contributed by atoms with E-state index < -0.39 is 0 Å². The molecule has 1 aromatic heterocycles. The fourth-order valence-corrected chi connectivity index (χ4v) is 2.83. The Morgan fingerprint density at radius 3 is 2.53 bits per heavy atom. The molecule has 5 heteroatoms. The SMILES string of the molecule is COc1csc(C(=O)c2cc(Br)c(C)cc2OC)c1. The van der Waals surface area contributed by atoms with Gasteiger partial charge in [0.1, 0.15) is 11.5 Å². The predicted molar refractivity (Wildman–Crippen MR) is 79.7 cm³/mol. The number of ketones is 1. The van der Waals surface area contributed by atoms with Crippen LogP contribution in [0, 0.1) is 6.92 Å². The van der Waals surface area contributed by atoms with Crippen molar-refractivity contribution in [2.75, 3.05) is 14.2 Å². The van der Waals surface area contributed by atoms with Gasteiger partial charge >= 0.3 is 0 Å². The van der Waals surface area contributed by atoms with Gasteiger partial charge in [0.2, 0.25) is 5.78 Å². The molecule has 2 rings (SSSR count). The minimum atomic E-state index is -0.0640. The van der Waals surface area contributed by atoms with Crippen molar-refractivity contribution in [2.45, 2.75) is 6.92 Å². The molecular weight excluding hydrogens is 328 g/mol. The van der Waals surface area contributed by atoms with Crippen LogP contribution in [0.4, 0.5) is 0 Å². The minimum Gasteiger partial charge on any atom is -0.496 e. The summed E-state index contributed by atoms with van der Waals surface area (Å²) in [6.07, 6.45) is 0. The smallest absolute Gasteiger partial charge is 0.206 e. The largest absolute Gasteiger partial charge is 0.496 e. The highest BCUT2D eigenvalue weighted by Gasteiger charge is 2.18. The first kappa shape index (κ1) is 14.1. The lowest BCUT2D eigenvalue weighted by molar-refractivity contribution is 0.103. The number of ether oxygens (including phenoxy) is 2. The second kappa shape index (κ2) is 5.75. The molecule has 0 saturated carbocycles. The maximum Gasteiger partial charge on any atom is 0.206 e. The molecule has 3 nitrogen and oxygen atoms in total. The van der Waals surface area contributed by atoms with Crippen molar-refractivity contribution in [1.82, 2.24) is 0 Å². The summed E-state index contributed by atoms with van der Waals surface area (Å²) < 4.78 is 11.3. The van der Waals surface area contributed by atoms with Crippen LogP contribution in [0.25, 0.3) is 0 Å². The number of halogens is 1. The molecular formula is C14H13BrO3S. The Balaban J connectivity index is 2.45. The van der Waals surface area contributed by atoms with Gasteiger partial charge in [0, 0.05) is 15.9 Å². The zero-order valence-electron chi connectivity index (χ0n) is 10.8. The molecule has 0 aliphatic carbocycles. The van der Waals surface area contributed by atoms with E-state index in [-0.39, 0.29) is 5.78 Å². The number of thiophene rings is 1. The van der Waals surface area contributed by atoms with Crippen LogP contribution in [-0.4, -0.2) is 20.0 Å². The maximum absolute atomic E-state index is 12.5. The van der Waals surface area contributed by atoms with Crippen molar-refractivity contribution in [1.29, 1.82) is 0 Å². The lowest BCUT2D eigenvalue weighted by Gasteiger charge is -2.09. The monoisotopic (exact) mass is 340 g/mol. The van der Waals surface area contributed by atoms with Crippen molar-refractivity contribution in [3.63, 3.8) is 0 Å². The number of hydrogen-bond acceptors (Lipinski definition) is 4. The van der Waals surface area contributed by atoms with Gasteiger partial charge in [0.05, 0.1) is 24.7 Å². The normalized spacial score (nSPS) is 10.3. The molecule has 0 aliphatic heterocycles. The van der Waals surface area contributed by atoms with Gasteiger partial charge in [-0.1, -0.05) is 15.9 Å². The number of carbonyl (C=O) groups is 1. The topological polar surface area (TPSA) is 35.5 Å². The van der Waals surface area contributed by atoms with Crippen molar-refractivity contribution in [3.05, 3.63) is 44.1 Å². The molecule has 2 aromatic rings. The minimum absolute atomic E-state index is 0.0640. The zero-order valence-corrected chi connectivity index (χ0v) is 13.2. The van der Waals surface area contributed by atoms with Crippen LogP contribution in [0.1, 0.15) is 20.8 Å². The summed E-state index contributed by atoms with van der Waals surface area (Å²) in [5.41, 5.74) is 1.57. The molecule has 0 atom stereocenters. The number of carbonyl (C=O) groups excluding carboxylic acids is 1. The molecule has 0 fully saturated rings. The molecule has 0 bridgehead atoms.